The van der Waals surface area contributed by atoms with Crippen molar-refractivity contribution in [3.63, 3.8) is 0 Å². The number of piperazine rings is 1. The molecule has 0 amide bonds. The summed E-state index contributed by atoms with van der Waals surface area (Å²) < 4.78 is 0. The summed E-state index contributed by atoms with van der Waals surface area (Å²) in [6.45, 7) is 4.31. The van der Waals surface area contributed by atoms with Gasteiger partial charge >= 0.3 is 0 Å². The number of nitrogens with two attached hydrogens (primary N) is 1. The smallest absolute Gasteiger partial charge is 0.141 e. The molecule has 3 aliphatic rings. The number of quaternary nitrogens is 2. The molecule has 3 N–H and O–H groups in total. The van der Waals surface area contributed by atoms with Crippen LogP contribution < -0.4 is 10.2 Å². The van der Waals surface area contributed by atoms with Crippen molar-refractivity contribution >= 4 is 0 Å². The van der Waals surface area contributed by atoms with Crippen LogP contribution in [0.2, 0.25) is 0 Å². The molecule has 0 spiro atoms. The molecule has 2 saturated heterocycles. The molecule has 1 saturated carbocycles. The predicted molar refractivity (Wildman–Crippen MR) is 60.9 cm³/mol. The van der Waals surface area contributed by atoms with Crippen LogP contribution in [0.25, 0.3) is 0 Å². The zero-order chi connectivity index (χ0) is 10.1. The highest BCUT2D eigenvalue weighted by Crippen LogP contribution is 2.27. The Bertz CT molecular complexity index is 211. The summed E-state index contributed by atoms with van der Waals surface area (Å²) in [6, 6.07) is 2.03. The van der Waals surface area contributed by atoms with Gasteiger partial charge in [-0.15, -0.1) is 0 Å². The van der Waals surface area contributed by atoms with Crippen molar-refractivity contribution in [3.8, 4) is 0 Å². The molecule has 86 valence electrons. The molecule has 0 bridgehead atoms. The average molecular weight is 210 g/mol. The first-order valence-electron chi connectivity index (χ1n) is 7.13. The molecular formula is C13H26N2+2. The fraction of sp³-hybridized carbons (Fsp3) is 1.00. The second-order valence-electron chi connectivity index (χ2n) is 5.91. The Labute approximate surface area is 93.4 Å². The molecule has 0 aromatic carbocycles. The predicted octanol–water partition coefficient (Wildman–Crippen LogP) is -0.440. The summed E-state index contributed by atoms with van der Waals surface area (Å²) in [4.78, 5) is 1.95. The van der Waals surface area contributed by atoms with Crippen molar-refractivity contribution < 1.29 is 10.2 Å². The lowest BCUT2D eigenvalue weighted by molar-refractivity contribution is -0.972. The molecule has 3 rings (SSSR count). The second kappa shape index (κ2) is 4.42. The SMILES string of the molecule is C1CCC([C@@H]2[NH2+]CC[NH+]3CCC[C@H]23)CC1. The number of hydrogen-bond acceptors (Lipinski definition) is 0. The molecule has 2 heteroatoms. The van der Waals surface area contributed by atoms with Crippen molar-refractivity contribution in [3.05, 3.63) is 0 Å². The van der Waals surface area contributed by atoms with Crippen LogP contribution in [0.3, 0.4) is 0 Å². The average Bonchev–Trinajstić information content (AvgIpc) is 2.78. The van der Waals surface area contributed by atoms with Gasteiger partial charge in [0.15, 0.2) is 0 Å². The van der Waals surface area contributed by atoms with Crippen LogP contribution in [0.5, 0.6) is 0 Å². The van der Waals surface area contributed by atoms with Crippen molar-refractivity contribution in [2.24, 2.45) is 5.92 Å². The van der Waals surface area contributed by atoms with Gasteiger partial charge in [-0.05, 0) is 12.8 Å². The molecular weight excluding hydrogens is 184 g/mol. The molecule has 2 heterocycles. The minimum atomic E-state index is 0.997. The molecule has 3 fully saturated rings. The second-order valence-corrected chi connectivity index (χ2v) is 5.91. The van der Waals surface area contributed by atoms with Gasteiger partial charge in [-0.2, -0.15) is 0 Å². The van der Waals surface area contributed by atoms with Crippen molar-refractivity contribution in [1.29, 1.82) is 0 Å². The third-order valence-corrected chi connectivity index (χ3v) is 5.10. The minimum absolute atomic E-state index is 0.997. The van der Waals surface area contributed by atoms with E-state index >= 15 is 0 Å². The lowest BCUT2D eigenvalue weighted by Gasteiger charge is -2.37. The van der Waals surface area contributed by atoms with E-state index in [0.717, 1.165) is 18.0 Å². The molecule has 1 unspecified atom stereocenters. The Morgan fingerprint density at radius 3 is 2.60 bits per heavy atom. The first-order chi connectivity index (χ1) is 7.45. The van der Waals surface area contributed by atoms with E-state index in [0.29, 0.717) is 0 Å². The van der Waals surface area contributed by atoms with E-state index in [-0.39, 0.29) is 0 Å². The van der Waals surface area contributed by atoms with Gasteiger partial charge in [0.2, 0.25) is 0 Å². The van der Waals surface area contributed by atoms with Crippen LogP contribution >= 0.6 is 0 Å². The lowest BCUT2D eigenvalue weighted by atomic mass is 9.80. The number of hydrogen-bond donors (Lipinski definition) is 2. The fourth-order valence-corrected chi connectivity index (χ4v) is 4.38. The van der Waals surface area contributed by atoms with Gasteiger partial charge in [0, 0.05) is 18.8 Å². The maximum atomic E-state index is 2.70. The molecule has 0 aromatic rings. The summed E-state index contributed by atoms with van der Waals surface area (Å²) in [5, 5.41) is 2.70. The van der Waals surface area contributed by atoms with Gasteiger partial charge < -0.3 is 10.2 Å². The molecule has 2 nitrogen and oxygen atoms in total. The van der Waals surface area contributed by atoms with Gasteiger partial charge in [0.1, 0.15) is 25.2 Å². The Kier molecular flexibility index (Phi) is 2.98. The van der Waals surface area contributed by atoms with Crippen LogP contribution in [0.1, 0.15) is 44.9 Å². The molecule has 3 atom stereocenters. The van der Waals surface area contributed by atoms with Gasteiger partial charge in [-0.25, -0.2) is 0 Å². The first-order valence-corrected chi connectivity index (χ1v) is 7.13. The number of fused-ring (bicyclic) bond motifs is 1. The van der Waals surface area contributed by atoms with Crippen LogP contribution in [0.4, 0.5) is 0 Å². The van der Waals surface area contributed by atoms with Crippen molar-refractivity contribution in [1.82, 2.24) is 0 Å². The zero-order valence-electron chi connectivity index (χ0n) is 9.88. The molecule has 0 radical (unpaired) electrons. The zero-order valence-corrected chi connectivity index (χ0v) is 9.88. The molecule has 2 aliphatic heterocycles. The Hall–Kier alpha value is -0.0800. The van der Waals surface area contributed by atoms with Crippen LogP contribution in [0, 0.1) is 5.92 Å². The standard InChI is InChI=1S/C13H24N2/c1-2-5-11(6-3-1)13-12-7-4-9-15(12)10-8-14-13/h11-14H,1-10H2/p+2/t12-,13+/m1/s1. The van der Waals surface area contributed by atoms with Gasteiger partial charge in [-0.3, -0.25) is 0 Å². The Morgan fingerprint density at radius 1 is 0.867 bits per heavy atom. The largest absolute Gasteiger partial charge is 0.334 e. The van der Waals surface area contributed by atoms with E-state index in [1.165, 1.54) is 64.6 Å². The Balaban J connectivity index is 1.67. The van der Waals surface area contributed by atoms with Gasteiger partial charge in [0.25, 0.3) is 0 Å². The van der Waals surface area contributed by atoms with E-state index in [1.807, 2.05) is 4.90 Å². The molecule has 1 aliphatic carbocycles. The van der Waals surface area contributed by atoms with E-state index in [4.69, 9.17) is 0 Å². The monoisotopic (exact) mass is 210 g/mol. The summed E-state index contributed by atoms with van der Waals surface area (Å²) in [7, 11) is 0. The van der Waals surface area contributed by atoms with E-state index < -0.39 is 0 Å². The summed E-state index contributed by atoms with van der Waals surface area (Å²) in [5.41, 5.74) is 0. The number of nitrogens with one attached hydrogen (secondary N) is 1. The highest BCUT2D eigenvalue weighted by Gasteiger charge is 2.44. The van der Waals surface area contributed by atoms with Crippen molar-refractivity contribution in [2.75, 3.05) is 19.6 Å². The van der Waals surface area contributed by atoms with E-state index in [1.54, 1.807) is 0 Å². The maximum absolute atomic E-state index is 2.70. The Morgan fingerprint density at radius 2 is 1.73 bits per heavy atom. The topological polar surface area (TPSA) is 21.1 Å². The third kappa shape index (κ3) is 1.94. The van der Waals surface area contributed by atoms with E-state index in [9.17, 15) is 0 Å². The van der Waals surface area contributed by atoms with E-state index in [2.05, 4.69) is 5.32 Å². The van der Waals surface area contributed by atoms with Gasteiger partial charge in [0.05, 0.1) is 6.54 Å². The van der Waals surface area contributed by atoms with Gasteiger partial charge in [-0.1, -0.05) is 19.3 Å². The third-order valence-electron chi connectivity index (χ3n) is 5.10. The first kappa shape index (κ1) is 10.1. The number of rotatable bonds is 1. The molecule has 0 aromatic heterocycles. The summed E-state index contributed by atoms with van der Waals surface area (Å²) in [5.74, 6) is 1.07. The highest BCUT2D eigenvalue weighted by molar-refractivity contribution is 4.81. The lowest BCUT2D eigenvalue weighted by Crippen LogP contribution is -3.24. The molecule has 15 heavy (non-hydrogen) atoms. The maximum Gasteiger partial charge on any atom is 0.141 e. The highest BCUT2D eigenvalue weighted by atomic mass is 15.2. The van der Waals surface area contributed by atoms with Crippen LogP contribution in [-0.2, 0) is 0 Å². The fourth-order valence-electron chi connectivity index (χ4n) is 4.38. The minimum Gasteiger partial charge on any atom is -0.334 e. The summed E-state index contributed by atoms with van der Waals surface area (Å²) in [6.07, 6.45) is 10.6. The van der Waals surface area contributed by atoms with Crippen LogP contribution in [0.15, 0.2) is 0 Å². The normalized spacial score (nSPS) is 42.8. The van der Waals surface area contributed by atoms with Crippen molar-refractivity contribution in [2.45, 2.75) is 57.0 Å². The quantitative estimate of drug-likeness (QED) is 0.585. The summed E-state index contributed by atoms with van der Waals surface area (Å²) >= 11 is 0. The van der Waals surface area contributed by atoms with Crippen LogP contribution in [-0.4, -0.2) is 31.7 Å².